The van der Waals surface area contributed by atoms with E-state index in [0.717, 1.165) is 0 Å². The molecule has 1 fully saturated rings. The van der Waals surface area contributed by atoms with Crippen molar-refractivity contribution in [2.45, 2.75) is 18.9 Å². The zero-order chi connectivity index (χ0) is 11.1. The molecule has 0 saturated carbocycles. The molecular formula is C7H9NO6. The van der Waals surface area contributed by atoms with Crippen LogP contribution >= 0.6 is 0 Å². The van der Waals surface area contributed by atoms with Crippen molar-refractivity contribution >= 4 is 17.8 Å². The van der Waals surface area contributed by atoms with E-state index >= 15 is 0 Å². The fraction of sp³-hybridized carbons (Fsp3) is 0.571. The number of hydrogen-bond acceptors (Lipinski definition) is 4. The van der Waals surface area contributed by atoms with Crippen LogP contribution in [0.2, 0.25) is 0 Å². The molecule has 1 saturated heterocycles. The van der Waals surface area contributed by atoms with Crippen LogP contribution < -0.4 is 0 Å². The van der Waals surface area contributed by atoms with E-state index in [0.29, 0.717) is 0 Å². The molecule has 0 aromatic heterocycles. The molecule has 3 N–H and O–H groups in total. The summed E-state index contributed by atoms with van der Waals surface area (Å²) in [5.74, 6) is -5.37. The molecule has 7 heteroatoms. The van der Waals surface area contributed by atoms with E-state index in [2.05, 4.69) is 0 Å². The van der Waals surface area contributed by atoms with Crippen LogP contribution in [0.3, 0.4) is 0 Å². The third kappa shape index (κ3) is 0.987. The number of hydrogen-bond donors (Lipinski definition) is 3. The average molecular weight is 203 g/mol. The molecule has 14 heavy (non-hydrogen) atoms. The van der Waals surface area contributed by atoms with Gasteiger partial charge in [0.2, 0.25) is 5.91 Å². The van der Waals surface area contributed by atoms with Gasteiger partial charge < -0.3 is 10.2 Å². The Morgan fingerprint density at radius 2 is 1.86 bits per heavy atom. The Bertz CT molecular complexity index is 297. The van der Waals surface area contributed by atoms with Crippen molar-refractivity contribution in [3.8, 4) is 0 Å². The quantitative estimate of drug-likeness (QED) is 0.397. The standard InChI is InChI=1S/C7H9NO6/c1-3-2-4(9)8(14)7(3,5(10)11)6(12)13/h3,14H,2H2,1H3,(H,10,11)(H,12,13). The molecule has 0 spiro atoms. The number of carboxylic acids is 2. The number of rotatable bonds is 2. The lowest BCUT2D eigenvalue weighted by Crippen LogP contribution is -2.59. The van der Waals surface area contributed by atoms with E-state index < -0.39 is 29.3 Å². The third-order valence-corrected chi connectivity index (χ3v) is 2.42. The van der Waals surface area contributed by atoms with E-state index in [1.807, 2.05) is 0 Å². The number of carbonyl (C=O) groups is 3. The predicted octanol–water partition coefficient (Wildman–Crippen LogP) is -0.848. The maximum Gasteiger partial charge on any atom is 0.344 e. The summed E-state index contributed by atoms with van der Waals surface area (Å²) < 4.78 is 0. The molecular weight excluding hydrogens is 194 g/mol. The average Bonchev–Trinajstić information content (AvgIpc) is 2.23. The van der Waals surface area contributed by atoms with Gasteiger partial charge in [0.05, 0.1) is 0 Å². The Balaban J connectivity index is 3.28. The van der Waals surface area contributed by atoms with Crippen LogP contribution in [0, 0.1) is 5.92 Å². The molecule has 1 atom stereocenters. The smallest absolute Gasteiger partial charge is 0.344 e. The molecule has 0 bridgehead atoms. The van der Waals surface area contributed by atoms with Crippen molar-refractivity contribution in [2.75, 3.05) is 0 Å². The lowest BCUT2D eigenvalue weighted by Gasteiger charge is -2.28. The first-order valence-corrected chi connectivity index (χ1v) is 3.83. The van der Waals surface area contributed by atoms with Gasteiger partial charge >= 0.3 is 11.9 Å². The molecule has 0 aromatic carbocycles. The first-order valence-electron chi connectivity index (χ1n) is 3.83. The minimum absolute atomic E-state index is 0.206. The van der Waals surface area contributed by atoms with E-state index in [1.54, 1.807) is 0 Å². The van der Waals surface area contributed by atoms with Crippen molar-refractivity contribution in [1.29, 1.82) is 0 Å². The highest BCUT2D eigenvalue weighted by atomic mass is 16.5. The second-order valence-electron chi connectivity index (χ2n) is 3.19. The Morgan fingerprint density at radius 3 is 2.00 bits per heavy atom. The van der Waals surface area contributed by atoms with E-state index in [4.69, 9.17) is 15.4 Å². The van der Waals surface area contributed by atoms with E-state index in [1.165, 1.54) is 6.92 Å². The SMILES string of the molecule is CC1CC(=O)N(O)C1(C(=O)O)C(=O)O. The molecule has 78 valence electrons. The minimum Gasteiger partial charge on any atom is -0.479 e. The number of carbonyl (C=O) groups excluding carboxylic acids is 1. The summed E-state index contributed by atoms with van der Waals surface area (Å²) in [5, 5.41) is 26.5. The lowest BCUT2D eigenvalue weighted by molar-refractivity contribution is -0.206. The Morgan fingerprint density at radius 1 is 1.43 bits per heavy atom. The Kier molecular flexibility index (Phi) is 2.20. The third-order valence-electron chi connectivity index (χ3n) is 2.42. The van der Waals surface area contributed by atoms with Gasteiger partial charge in [0.15, 0.2) is 0 Å². The minimum atomic E-state index is -2.54. The maximum atomic E-state index is 11.0. The number of carboxylic acid groups (broad SMARTS) is 2. The highest BCUT2D eigenvalue weighted by Gasteiger charge is 2.63. The molecule has 0 aliphatic carbocycles. The summed E-state index contributed by atoms with van der Waals surface area (Å²) in [6.45, 7) is 1.29. The molecule has 1 amide bonds. The van der Waals surface area contributed by atoms with E-state index in [9.17, 15) is 14.4 Å². The van der Waals surface area contributed by atoms with Crippen molar-refractivity contribution in [1.82, 2.24) is 5.06 Å². The summed E-state index contributed by atoms with van der Waals surface area (Å²) in [5.41, 5.74) is -2.54. The van der Waals surface area contributed by atoms with Crippen LogP contribution in [0.1, 0.15) is 13.3 Å². The zero-order valence-corrected chi connectivity index (χ0v) is 7.30. The van der Waals surface area contributed by atoms with Gasteiger partial charge in [0, 0.05) is 12.3 Å². The van der Waals surface area contributed by atoms with Gasteiger partial charge in [-0.15, -0.1) is 0 Å². The van der Waals surface area contributed by atoms with Gasteiger partial charge in [-0.3, -0.25) is 10.0 Å². The van der Waals surface area contributed by atoms with Crippen LogP contribution in [0.5, 0.6) is 0 Å². The van der Waals surface area contributed by atoms with Crippen LogP contribution in [-0.2, 0) is 14.4 Å². The van der Waals surface area contributed by atoms with Crippen LogP contribution in [0.25, 0.3) is 0 Å². The molecule has 1 aliphatic rings. The van der Waals surface area contributed by atoms with Crippen molar-refractivity contribution in [2.24, 2.45) is 5.92 Å². The second kappa shape index (κ2) is 2.95. The van der Waals surface area contributed by atoms with Gasteiger partial charge in [-0.25, -0.2) is 9.59 Å². The molecule has 1 rings (SSSR count). The van der Waals surface area contributed by atoms with Crippen molar-refractivity contribution in [3.63, 3.8) is 0 Å². The van der Waals surface area contributed by atoms with Crippen LogP contribution in [0.15, 0.2) is 0 Å². The van der Waals surface area contributed by atoms with Crippen LogP contribution in [0.4, 0.5) is 0 Å². The number of amides is 1. The summed E-state index contributed by atoms with van der Waals surface area (Å²) in [6, 6.07) is 0. The van der Waals surface area contributed by atoms with Crippen molar-refractivity contribution in [3.05, 3.63) is 0 Å². The van der Waals surface area contributed by atoms with Crippen LogP contribution in [-0.4, -0.2) is 43.9 Å². The molecule has 0 aromatic rings. The Labute approximate surface area is 78.5 Å². The van der Waals surface area contributed by atoms with E-state index in [-0.39, 0.29) is 11.5 Å². The fourth-order valence-corrected chi connectivity index (χ4v) is 1.60. The predicted molar refractivity (Wildman–Crippen MR) is 40.4 cm³/mol. The molecule has 0 radical (unpaired) electrons. The molecule has 7 nitrogen and oxygen atoms in total. The van der Waals surface area contributed by atoms with Gasteiger partial charge in [-0.05, 0) is 0 Å². The Hall–Kier alpha value is -1.63. The number of nitrogens with zero attached hydrogens (tertiary/aromatic N) is 1. The topological polar surface area (TPSA) is 115 Å². The van der Waals surface area contributed by atoms with Crippen molar-refractivity contribution < 1.29 is 29.8 Å². The molecule has 1 heterocycles. The van der Waals surface area contributed by atoms with Gasteiger partial charge in [-0.2, -0.15) is 5.06 Å². The highest BCUT2D eigenvalue weighted by molar-refractivity contribution is 6.08. The highest BCUT2D eigenvalue weighted by Crippen LogP contribution is 2.34. The normalized spacial score (nSPS) is 25.1. The van der Waals surface area contributed by atoms with Gasteiger partial charge in [-0.1, -0.05) is 6.92 Å². The number of hydroxylamine groups is 2. The summed E-state index contributed by atoms with van der Waals surface area (Å²) >= 11 is 0. The first kappa shape index (κ1) is 10.5. The second-order valence-corrected chi connectivity index (χ2v) is 3.19. The number of aliphatic carboxylic acids is 2. The summed E-state index contributed by atoms with van der Waals surface area (Å²) in [6.07, 6.45) is -0.297. The fourth-order valence-electron chi connectivity index (χ4n) is 1.60. The van der Waals surface area contributed by atoms with Gasteiger partial charge in [0.25, 0.3) is 5.54 Å². The summed E-state index contributed by atoms with van der Waals surface area (Å²) in [4.78, 5) is 32.6. The summed E-state index contributed by atoms with van der Waals surface area (Å²) in [7, 11) is 0. The largest absolute Gasteiger partial charge is 0.479 e. The lowest BCUT2D eigenvalue weighted by atomic mass is 9.87. The molecule has 1 unspecified atom stereocenters. The zero-order valence-electron chi connectivity index (χ0n) is 7.30. The van der Waals surface area contributed by atoms with Gasteiger partial charge in [0.1, 0.15) is 0 Å². The molecule has 1 aliphatic heterocycles. The first-order chi connectivity index (χ1) is 6.35. The maximum absolute atomic E-state index is 11.0. The monoisotopic (exact) mass is 203 g/mol.